The highest BCUT2D eigenvalue weighted by molar-refractivity contribution is 5.93. The summed E-state index contributed by atoms with van der Waals surface area (Å²) in [7, 11) is 0. The number of carbonyl (C=O) groups excluding carboxylic acids is 1. The summed E-state index contributed by atoms with van der Waals surface area (Å²) in [6.07, 6.45) is -3.31. The first-order valence-corrected chi connectivity index (χ1v) is 13.4. The van der Waals surface area contributed by atoms with E-state index in [-0.39, 0.29) is 24.3 Å². The normalized spacial score (nSPS) is 14.9. The van der Waals surface area contributed by atoms with E-state index in [1.165, 1.54) is 24.3 Å². The van der Waals surface area contributed by atoms with Gasteiger partial charge in [-0.2, -0.15) is 4.98 Å². The summed E-state index contributed by atoms with van der Waals surface area (Å²) in [4.78, 5) is 20.7. The standard InChI is InChI=1S/C29H32F3N5O5/c1-18-13-20(25-33-23(34-42-25)17-35-9-11-36(12-10-35)27(39)41-28(2,3)4)14-21-16-37(26(38)24(18)21)15-19-5-7-22(8-6-19)40-29(30,31)32/h5-8,13-14,16,38H,9-12,15,17H2,1-4H3. The summed E-state index contributed by atoms with van der Waals surface area (Å²) in [5.41, 5.74) is 1.64. The van der Waals surface area contributed by atoms with E-state index in [9.17, 15) is 23.1 Å². The van der Waals surface area contributed by atoms with Crippen LogP contribution in [0.4, 0.5) is 18.0 Å². The molecular weight excluding hydrogens is 555 g/mol. The molecule has 2 aromatic carbocycles. The van der Waals surface area contributed by atoms with Gasteiger partial charge in [-0.1, -0.05) is 17.3 Å². The topological polar surface area (TPSA) is 106 Å². The number of fused-ring (bicyclic) bond motifs is 1. The minimum atomic E-state index is -4.76. The van der Waals surface area contributed by atoms with Gasteiger partial charge in [0.2, 0.25) is 0 Å². The summed E-state index contributed by atoms with van der Waals surface area (Å²) >= 11 is 0. The molecule has 1 saturated heterocycles. The molecule has 0 saturated carbocycles. The van der Waals surface area contributed by atoms with Crippen molar-refractivity contribution >= 4 is 16.9 Å². The van der Waals surface area contributed by atoms with Crippen LogP contribution >= 0.6 is 0 Å². The smallest absolute Gasteiger partial charge is 0.494 e. The first-order chi connectivity index (χ1) is 19.7. The molecule has 5 rings (SSSR count). The molecule has 224 valence electrons. The summed E-state index contributed by atoms with van der Waals surface area (Å²) in [5.74, 6) is 0.596. The third-order valence-corrected chi connectivity index (χ3v) is 6.77. The second-order valence-corrected chi connectivity index (χ2v) is 11.3. The van der Waals surface area contributed by atoms with E-state index in [1.54, 1.807) is 15.7 Å². The van der Waals surface area contributed by atoms with Gasteiger partial charge in [-0.25, -0.2) is 4.79 Å². The van der Waals surface area contributed by atoms with Gasteiger partial charge in [0, 0.05) is 48.7 Å². The van der Waals surface area contributed by atoms with Crippen LogP contribution in [0.25, 0.3) is 22.2 Å². The van der Waals surface area contributed by atoms with Crippen molar-refractivity contribution in [3.63, 3.8) is 0 Å². The number of aromatic hydroxyl groups is 1. The number of rotatable bonds is 6. The maximum atomic E-state index is 12.4. The highest BCUT2D eigenvalue weighted by atomic mass is 19.4. The van der Waals surface area contributed by atoms with E-state index in [1.807, 2.05) is 39.8 Å². The van der Waals surface area contributed by atoms with Gasteiger partial charge in [0.25, 0.3) is 5.89 Å². The molecule has 0 aliphatic carbocycles. The molecule has 13 heteroatoms. The predicted molar refractivity (Wildman–Crippen MR) is 147 cm³/mol. The first kappa shape index (κ1) is 29.2. The van der Waals surface area contributed by atoms with Crippen LogP contribution in [0.1, 0.15) is 37.7 Å². The molecule has 0 bridgehead atoms. The zero-order chi connectivity index (χ0) is 30.2. The zero-order valence-electron chi connectivity index (χ0n) is 23.7. The van der Waals surface area contributed by atoms with Gasteiger partial charge >= 0.3 is 12.5 Å². The van der Waals surface area contributed by atoms with Crippen molar-refractivity contribution in [2.45, 2.75) is 52.7 Å². The Morgan fingerprint density at radius 3 is 2.38 bits per heavy atom. The fourth-order valence-corrected chi connectivity index (χ4v) is 4.88. The lowest BCUT2D eigenvalue weighted by atomic mass is 10.1. The molecule has 1 amide bonds. The predicted octanol–water partition coefficient (Wildman–Crippen LogP) is 5.70. The van der Waals surface area contributed by atoms with Crippen molar-refractivity contribution in [2.24, 2.45) is 0 Å². The molecule has 0 spiro atoms. The Hall–Kier alpha value is -4.26. The lowest BCUT2D eigenvalue weighted by Crippen LogP contribution is -2.49. The van der Waals surface area contributed by atoms with Gasteiger partial charge < -0.3 is 28.6 Å². The van der Waals surface area contributed by atoms with Crippen molar-refractivity contribution in [3.05, 3.63) is 59.5 Å². The molecule has 1 fully saturated rings. The van der Waals surface area contributed by atoms with Crippen LogP contribution in [0.2, 0.25) is 0 Å². The lowest BCUT2D eigenvalue weighted by molar-refractivity contribution is -0.274. The molecule has 0 unspecified atom stereocenters. The molecule has 10 nitrogen and oxygen atoms in total. The van der Waals surface area contributed by atoms with Gasteiger partial charge in [-0.05, 0) is 63.1 Å². The van der Waals surface area contributed by atoms with Gasteiger partial charge in [0.15, 0.2) is 11.7 Å². The molecule has 2 aromatic heterocycles. The average Bonchev–Trinajstić information content (AvgIpc) is 3.48. The fraction of sp³-hybridized carbons (Fsp3) is 0.414. The highest BCUT2D eigenvalue weighted by Crippen LogP contribution is 2.35. The van der Waals surface area contributed by atoms with Crippen LogP contribution in [0, 0.1) is 6.92 Å². The molecule has 0 radical (unpaired) electrons. The molecule has 1 aliphatic heterocycles. The van der Waals surface area contributed by atoms with Gasteiger partial charge in [0.1, 0.15) is 11.4 Å². The molecule has 1 N–H and O–H groups in total. The number of amides is 1. The Bertz CT molecular complexity index is 1570. The van der Waals surface area contributed by atoms with Crippen LogP contribution in [0.3, 0.4) is 0 Å². The number of alkyl halides is 3. The van der Waals surface area contributed by atoms with E-state index in [2.05, 4.69) is 19.8 Å². The molecule has 3 heterocycles. The number of nitrogens with zero attached hydrogens (tertiary/aromatic N) is 5. The number of carbonyl (C=O) groups is 1. The minimum absolute atomic E-state index is 0.0430. The number of hydrogen-bond donors (Lipinski definition) is 1. The van der Waals surface area contributed by atoms with Gasteiger partial charge in [0.05, 0.1) is 13.1 Å². The van der Waals surface area contributed by atoms with Crippen LogP contribution in [0.5, 0.6) is 11.6 Å². The molecule has 1 aliphatic rings. The van der Waals surface area contributed by atoms with E-state index < -0.39 is 12.0 Å². The number of hydrogen-bond acceptors (Lipinski definition) is 8. The monoisotopic (exact) mass is 587 g/mol. The lowest BCUT2D eigenvalue weighted by Gasteiger charge is -2.35. The van der Waals surface area contributed by atoms with Crippen LogP contribution in [-0.4, -0.2) is 73.8 Å². The Labute approximate surface area is 240 Å². The van der Waals surface area contributed by atoms with Crippen LogP contribution in [-0.2, 0) is 17.8 Å². The Kier molecular flexibility index (Phi) is 7.80. The molecular formula is C29H32F3N5O5. The molecule has 4 aromatic rings. The third-order valence-electron chi connectivity index (χ3n) is 6.77. The largest absolute Gasteiger partial charge is 0.573 e. The number of aryl methyl sites for hydroxylation is 1. The van der Waals surface area contributed by atoms with Crippen molar-refractivity contribution < 1.29 is 37.1 Å². The van der Waals surface area contributed by atoms with E-state index in [0.717, 1.165) is 10.9 Å². The quantitative estimate of drug-likeness (QED) is 0.306. The van der Waals surface area contributed by atoms with Gasteiger partial charge in [-0.3, -0.25) is 4.90 Å². The fourth-order valence-electron chi connectivity index (χ4n) is 4.88. The number of benzene rings is 2. The Morgan fingerprint density at radius 1 is 1.05 bits per heavy atom. The van der Waals surface area contributed by atoms with Crippen molar-refractivity contribution in [2.75, 3.05) is 26.2 Å². The second kappa shape index (κ2) is 11.2. The first-order valence-electron chi connectivity index (χ1n) is 13.4. The van der Waals surface area contributed by atoms with E-state index in [0.29, 0.717) is 61.0 Å². The number of aromatic nitrogens is 3. The number of piperazine rings is 1. The maximum absolute atomic E-state index is 12.4. The third kappa shape index (κ3) is 6.96. The maximum Gasteiger partial charge on any atom is 0.573 e. The Morgan fingerprint density at radius 2 is 1.74 bits per heavy atom. The molecule has 42 heavy (non-hydrogen) atoms. The number of ether oxygens (including phenoxy) is 2. The average molecular weight is 588 g/mol. The van der Waals surface area contributed by atoms with E-state index in [4.69, 9.17) is 9.26 Å². The van der Waals surface area contributed by atoms with Gasteiger partial charge in [-0.15, -0.1) is 13.2 Å². The minimum Gasteiger partial charge on any atom is -0.494 e. The molecule has 0 atom stereocenters. The zero-order valence-corrected chi connectivity index (χ0v) is 23.7. The van der Waals surface area contributed by atoms with Crippen molar-refractivity contribution in [1.29, 1.82) is 0 Å². The SMILES string of the molecule is Cc1cc(-c2nc(CN3CCN(C(=O)OC(C)(C)C)CC3)no2)cc2cn(Cc3ccc(OC(F)(F)F)cc3)c(O)c12. The highest BCUT2D eigenvalue weighted by Gasteiger charge is 2.31. The van der Waals surface area contributed by atoms with Crippen molar-refractivity contribution in [1.82, 2.24) is 24.5 Å². The van der Waals surface area contributed by atoms with Crippen LogP contribution in [0.15, 0.2) is 47.1 Å². The Balaban J connectivity index is 1.25. The second-order valence-electron chi connectivity index (χ2n) is 11.3. The summed E-state index contributed by atoms with van der Waals surface area (Å²) in [6.45, 7) is 10.5. The van der Waals surface area contributed by atoms with E-state index >= 15 is 0 Å². The van der Waals surface area contributed by atoms with Crippen molar-refractivity contribution in [3.8, 4) is 23.1 Å². The van der Waals surface area contributed by atoms with Crippen LogP contribution < -0.4 is 4.74 Å². The summed E-state index contributed by atoms with van der Waals surface area (Å²) in [6, 6.07) is 9.20. The summed E-state index contributed by atoms with van der Waals surface area (Å²) < 4.78 is 53.9. The number of halogens is 3. The summed E-state index contributed by atoms with van der Waals surface area (Å²) in [5, 5.41) is 16.4.